The summed E-state index contributed by atoms with van der Waals surface area (Å²) >= 11 is 1.37. The summed E-state index contributed by atoms with van der Waals surface area (Å²) in [7, 11) is 3.11. The van der Waals surface area contributed by atoms with E-state index >= 15 is 0 Å². The Kier molecular flexibility index (Phi) is 5.41. The number of piperidine rings is 1. The first-order valence-corrected chi connectivity index (χ1v) is 9.18. The number of methoxy groups -OCH3 is 2. The van der Waals surface area contributed by atoms with Crippen LogP contribution in [0, 0.1) is 5.92 Å². The largest absolute Gasteiger partial charge is 0.493 e. The van der Waals surface area contributed by atoms with E-state index in [1.165, 1.54) is 11.3 Å². The van der Waals surface area contributed by atoms with Crippen LogP contribution in [0.25, 0.3) is 0 Å². The summed E-state index contributed by atoms with van der Waals surface area (Å²) in [5.74, 6) is 0.528. The highest BCUT2D eigenvalue weighted by Gasteiger charge is 2.28. The molecule has 26 heavy (non-hydrogen) atoms. The van der Waals surface area contributed by atoms with Gasteiger partial charge in [0.25, 0.3) is 5.91 Å². The fourth-order valence-electron chi connectivity index (χ4n) is 3.11. The maximum Gasteiger partial charge on any atom is 0.268 e. The summed E-state index contributed by atoms with van der Waals surface area (Å²) < 4.78 is 10.5. The number of hydrogen-bond acceptors (Lipinski definition) is 7. The Morgan fingerprint density at radius 1 is 1.27 bits per heavy atom. The highest BCUT2D eigenvalue weighted by Crippen LogP contribution is 2.31. The second-order valence-electron chi connectivity index (χ2n) is 6.10. The maximum atomic E-state index is 12.9. The van der Waals surface area contributed by atoms with Crippen LogP contribution >= 0.6 is 11.3 Å². The topological polar surface area (TPSA) is 94.8 Å². The number of carbonyl (C=O) groups is 2. The van der Waals surface area contributed by atoms with E-state index in [0.717, 1.165) is 24.5 Å². The number of aromatic nitrogens is 1. The smallest absolute Gasteiger partial charge is 0.268 e. The van der Waals surface area contributed by atoms with Gasteiger partial charge in [-0.2, -0.15) is 0 Å². The van der Waals surface area contributed by atoms with Crippen LogP contribution in [0.5, 0.6) is 11.5 Å². The third kappa shape index (κ3) is 3.65. The Hall–Kier alpha value is -2.61. The average molecular weight is 375 g/mol. The first-order valence-electron chi connectivity index (χ1n) is 8.30. The molecule has 2 N–H and O–H groups in total. The van der Waals surface area contributed by atoms with Crippen LogP contribution in [-0.2, 0) is 0 Å². The molecule has 2 heterocycles. The predicted octanol–water partition coefficient (Wildman–Crippen LogP) is 2.36. The zero-order chi connectivity index (χ0) is 18.7. The van der Waals surface area contributed by atoms with Gasteiger partial charge in [-0.25, -0.2) is 4.98 Å². The molecule has 3 rings (SSSR count). The third-order valence-corrected chi connectivity index (χ3v) is 5.38. The van der Waals surface area contributed by atoms with E-state index in [1.807, 2.05) is 4.90 Å². The van der Waals surface area contributed by atoms with Gasteiger partial charge in [-0.15, -0.1) is 11.3 Å². The van der Waals surface area contributed by atoms with Gasteiger partial charge < -0.3 is 20.1 Å². The number of thiazole rings is 1. The summed E-state index contributed by atoms with van der Waals surface area (Å²) in [6.07, 6.45) is 1.70. The van der Waals surface area contributed by atoms with Crippen molar-refractivity contribution in [2.75, 3.05) is 32.2 Å². The number of rotatable bonds is 6. The van der Waals surface area contributed by atoms with Crippen molar-refractivity contribution in [2.24, 2.45) is 11.7 Å². The Bertz CT molecular complexity index is 821. The fraction of sp³-hybridized carbons (Fsp3) is 0.389. The number of anilines is 1. The molecule has 8 heteroatoms. The van der Waals surface area contributed by atoms with E-state index in [9.17, 15) is 9.59 Å². The lowest BCUT2D eigenvalue weighted by Gasteiger charge is -2.31. The minimum absolute atomic E-state index is 0.0716. The second kappa shape index (κ2) is 7.74. The number of nitrogens with two attached hydrogens (primary N) is 1. The number of nitrogens with zero attached hydrogens (tertiary/aromatic N) is 2. The number of Topliss-reactive ketones (excluding diaryl/α,β-unsaturated/α-hetero) is 1. The number of primary amides is 1. The van der Waals surface area contributed by atoms with Gasteiger partial charge in [-0.3, -0.25) is 9.59 Å². The molecule has 2 aromatic rings. The zero-order valence-corrected chi connectivity index (χ0v) is 15.5. The van der Waals surface area contributed by atoms with Crippen molar-refractivity contribution in [2.45, 2.75) is 12.8 Å². The first-order chi connectivity index (χ1) is 12.5. The van der Waals surface area contributed by atoms with Crippen molar-refractivity contribution < 1.29 is 19.1 Å². The van der Waals surface area contributed by atoms with Crippen LogP contribution in [0.2, 0.25) is 0 Å². The van der Waals surface area contributed by atoms with E-state index < -0.39 is 5.91 Å². The molecule has 0 aliphatic carbocycles. The molecule has 1 aromatic carbocycles. The summed E-state index contributed by atoms with van der Waals surface area (Å²) in [5.41, 5.74) is 6.14. The molecule has 1 aliphatic heterocycles. The molecule has 1 saturated heterocycles. The van der Waals surface area contributed by atoms with E-state index in [2.05, 4.69) is 4.98 Å². The van der Waals surface area contributed by atoms with Crippen LogP contribution in [-0.4, -0.2) is 44.0 Å². The number of benzene rings is 1. The van der Waals surface area contributed by atoms with Gasteiger partial charge in [0.05, 0.1) is 14.2 Å². The molecule has 0 spiro atoms. The SMILES string of the molecule is COc1ccc(C(=O)C2CCCN(c3nc(C(N)=O)cs3)C2)cc1OC. The summed E-state index contributed by atoms with van der Waals surface area (Å²) in [6, 6.07) is 5.22. The lowest BCUT2D eigenvalue weighted by Crippen LogP contribution is -2.38. The number of hydrogen-bond donors (Lipinski definition) is 1. The Balaban J connectivity index is 1.76. The standard InChI is InChI=1S/C18H21N3O4S/c1-24-14-6-5-11(8-15(14)25-2)16(22)12-4-3-7-21(9-12)18-20-13(10-26-18)17(19)23/h5-6,8,10,12H,3-4,7,9H2,1-2H3,(H2,19,23). The third-order valence-electron chi connectivity index (χ3n) is 4.48. The van der Waals surface area contributed by atoms with Gasteiger partial charge in [0.1, 0.15) is 5.69 Å². The molecule has 1 atom stereocenters. The molecule has 0 saturated carbocycles. The van der Waals surface area contributed by atoms with Gasteiger partial charge in [-0.1, -0.05) is 0 Å². The highest BCUT2D eigenvalue weighted by molar-refractivity contribution is 7.13. The van der Waals surface area contributed by atoms with Gasteiger partial charge in [0, 0.05) is 30.0 Å². The van der Waals surface area contributed by atoms with Gasteiger partial charge in [-0.05, 0) is 31.0 Å². The van der Waals surface area contributed by atoms with Crippen molar-refractivity contribution >= 4 is 28.2 Å². The summed E-state index contributed by atoms with van der Waals surface area (Å²) in [5, 5.41) is 2.38. The molecule has 1 fully saturated rings. The van der Waals surface area contributed by atoms with E-state index in [0.29, 0.717) is 23.6 Å². The van der Waals surface area contributed by atoms with Gasteiger partial charge in [0.2, 0.25) is 0 Å². The molecular weight excluding hydrogens is 354 g/mol. The van der Waals surface area contributed by atoms with Crippen molar-refractivity contribution in [3.05, 3.63) is 34.8 Å². The molecular formula is C18H21N3O4S. The molecule has 0 bridgehead atoms. The lowest BCUT2D eigenvalue weighted by molar-refractivity contribution is 0.0906. The molecule has 1 unspecified atom stereocenters. The minimum Gasteiger partial charge on any atom is -0.493 e. The van der Waals surface area contributed by atoms with Crippen molar-refractivity contribution in [1.82, 2.24) is 4.98 Å². The molecule has 7 nitrogen and oxygen atoms in total. The lowest BCUT2D eigenvalue weighted by atomic mass is 9.90. The average Bonchev–Trinajstić information content (AvgIpc) is 3.17. The van der Waals surface area contributed by atoms with Crippen LogP contribution in [0.1, 0.15) is 33.7 Å². The molecule has 138 valence electrons. The number of ether oxygens (including phenoxy) is 2. The van der Waals surface area contributed by atoms with E-state index in [-0.39, 0.29) is 17.4 Å². The fourth-order valence-corrected chi connectivity index (χ4v) is 3.96. The number of amides is 1. The maximum absolute atomic E-state index is 12.9. The Morgan fingerprint density at radius 2 is 2.04 bits per heavy atom. The van der Waals surface area contributed by atoms with Crippen LogP contribution < -0.4 is 20.1 Å². The quantitative estimate of drug-likeness (QED) is 0.779. The van der Waals surface area contributed by atoms with Crippen molar-refractivity contribution in [3.63, 3.8) is 0 Å². The summed E-state index contributed by atoms with van der Waals surface area (Å²) in [4.78, 5) is 30.5. The van der Waals surface area contributed by atoms with E-state index in [1.54, 1.807) is 37.8 Å². The predicted molar refractivity (Wildman–Crippen MR) is 99.4 cm³/mol. The summed E-state index contributed by atoms with van der Waals surface area (Å²) in [6.45, 7) is 1.38. The van der Waals surface area contributed by atoms with Crippen molar-refractivity contribution in [3.8, 4) is 11.5 Å². The second-order valence-corrected chi connectivity index (χ2v) is 6.94. The molecule has 1 amide bonds. The number of carbonyl (C=O) groups excluding carboxylic acids is 2. The van der Waals surface area contributed by atoms with E-state index in [4.69, 9.17) is 15.2 Å². The number of ketones is 1. The molecule has 1 aromatic heterocycles. The zero-order valence-electron chi connectivity index (χ0n) is 14.7. The van der Waals surface area contributed by atoms with Gasteiger partial charge >= 0.3 is 0 Å². The van der Waals surface area contributed by atoms with Crippen molar-refractivity contribution in [1.29, 1.82) is 0 Å². The Morgan fingerprint density at radius 3 is 2.69 bits per heavy atom. The van der Waals surface area contributed by atoms with Crippen LogP contribution in [0.15, 0.2) is 23.6 Å². The molecule has 1 aliphatic rings. The molecule has 0 radical (unpaired) electrons. The first kappa shape index (κ1) is 18.2. The highest BCUT2D eigenvalue weighted by atomic mass is 32.1. The Labute approximate surface area is 155 Å². The normalized spacial score (nSPS) is 17.0. The van der Waals surface area contributed by atoms with Gasteiger partial charge in [0.15, 0.2) is 22.4 Å². The van der Waals surface area contributed by atoms with Crippen LogP contribution in [0.3, 0.4) is 0 Å². The van der Waals surface area contributed by atoms with Crippen LogP contribution in [0.4, 0.5) is 5.13 Å². The monoisotopic (exact) mass is 375 g/mol. The minimum atomic E-state index is -0.539.